The molecule has 7 nitrogen and oxygen atoms in total. The summed E-state index contributed by atoms with van der Waals surface area (Å²) in [5, 5.41) is 39.3. The quantitative estimate of drug-likeness (QED) is 0.717. The first-order valence-electron chi connectivity index (χ1n) is 8.31. The van der Waals surface area contributed by atoms with Crippen molar-refractivity contribution in [1.29, 1.82) is 10.5 Å². The molecule has 3 rings (SSSR count). The molecule has 0 aliphatic carbocycles. The lowest BCUT2D eigenvalue weighted by molar-refractivity contribution is 0.160. The van der Waals surface area contributed by atoms with E-state index in [0.717, 1.165) is 11.3 Å². The molecule has 0 aliphatic heterocycles. The Bertz CT molecular complexity index is 1030. The number of rotatable bonds is 5. The van der Waals surface area contributed by atoms with Gasteiger partial charge in [-0.1, -0.05) is 0 Å². The Morgan fingerprint density at radius 1 is 1.07 bits per heavy atom. The average molecular weight is 359 g/mol. The van der Waals surface area contributed by atoms with Crippen LogP contribution in [0.1, 0.15) is 35.5 Å². The lowest BCUT2D eigenvalue weighted by atomic mass is 10.1. The minimum absolute atomic E-state index is 0.242. The second kappa shape index (κ2) is 7.69. The molecule has 1 heterocycles. The number of aliphatic hydroxyl groups is 1. The van der Waals surface area contributed by atoms with Gasteiger partial charge in [-0.25, -0.2) is 0 Å². The number of hydrogen-bond acceptors (Lipinski definition) is 7. The van der Waals surface area contributed by atoms with Crippen LogP contribution >= 0.6 is 0 Å². The van der Waals surface area contributed by atoms with Gasteiger partial charge in [-0.15, -0.1) is 10.2 Å². The van der Waals surface area contributed by atoms with E-state index in [0.29, 0.717) is 22.6 Å². The number of aryl methyl sites for hydroxylation is 1. The van der Waals surface area contributed by atoms with E-state index in [9.17, 15) is 5.11 Å². The van der Waals surface area contributed by atoms with Gasteiger partial charge in [0, 0.05) is 11.3 Å². The van der Waals surface area contributed by atoms with Crippen molar-refractivity contribution in [3.05, 3.63) is 65.0 Å². The van der Waals surface area contributed by atoms with Gasteiger partial charge in [0.25, 0.3) is 0 Å². The van der Waals surface area contributed by atoms with Crippen LogP contribution in [0.2, 0.25) is 0 Å². The second-order valence-corrected chi connectivity index (χ2v) is 6.14. The maximum atomic E-state index is 10.2. The molecule has 1 aromatic heterocycles. The van der Waals surface area contributed by atoms with Crippen LogP contribution in [-0.2, 0) is 0 Å². The largest absolute Gasteiger partial charge is 0.418 e. The van der Waals surface area contributed by atoms with Crippen LogP contribution < -0.4 is 5.32 Å². The lowest BCUT2D eigenvalue weighted by Crippen LogP contribution is -2.23. The van der Waals surface area contributed by atoms with E-state index in [1.165, 1.54) is 0 Å². The van der Waals surface area contributed by atoms with Gasteiger partial charge in [0.05, 0.1) is 29.4 Å². The maximum absolute atomic E-state index is 10.2. The smallest absolute Gasteiger partial charge is 0.247 e. The van der Waals surface area contributed by atoms with Crippen molar-refractivity contribution in [2.45, 2.75) is 26.0 Å². The minimum Gasteiger partial charge on any atom is -0.418 e. The van der Waals surface area contributed by atoms with Gasteiger partial charge in [-0.2, -0.15) is 10.5 Å². The Labute approximate surface area is 156 Å². The lowest BCUT2D eigenvalue weighted by Gasteiger charge is -2.19. The van der Waals surface area contributed by atoms with Crippen LogP contribution in [-0.4, -0.2) is 21.4 Å². The van der Waals surface area contributed by atoms with Crippen LogP contribution in [0.3, 0.4) is 0 Å². The van der Waals surface area contributed by atoms with Crippen LogP contribution in [0.15, 0.2) is 46.9 Å². The molecule has 0 aliphatic rings. The first-order chi connectivity index (χ1) is 13.0. The zero-order valence-electron chi connectivity index (χ0n) is 14.8. The average Bonchev–Trinajstić information content (AvgIpc) is 3.16. The summed E-state index contributed by atoms with van der Waals surface area (Å²) < 4.78 is 5.73. The molecule has 0 saturated heterocycles. The molecule has 2 aromatic carbocycles. The van der Waals surface area contributed by atoms with Gasteiger partial charge in [-0.05, 0) is 61.9 Å². The van der Waals surface area contributed by atoms with Crippen molar-refractivity contribution in [1.82, 2.24) is 10.2 Å². The van der Waals surface area contributed by atoms with E-state index in [1.54, 1.807) is 43.3 Å². The van der Waals surface area contributed by atoms with Crippen LogP contribution in [0.4, 0.5) is 5.69 Å². The van der Waals surface area contributed by atoms with E-state index in [4.69, 9.17) is 14.9 Å². The first-order valence-corrected chi connectivity index (χ1v) is 8.31. The third-order valence-corrected chi connectivity index (χ3v) is 4.12. The van der Waals surface area contributed by atoms with Gasteiger partial charge < -0.3 is 14.8 Å². The highest BCUT2D eigenvalue weighted by Crippen LogP contribution is 2.26. The molecule has 3 aromatic rings. The fourth-order valence-electron chi connectivity index (χ4n) is 2.61. The molecule has 7 heteroatoms. The van der Waals surface area contributed by atoms with E-state index >= 15 is 0 Å². The Hall–Kier alpha value is -3.68. The number of anilines is 1. The molecule has 0 unspecified atom stereocenters. The van der Waals surface area contributed by atoms with Crippen molar-refractivity contribution >= 4 is 5.69 Å². The van der Waals surface area contributed by atoms with Gasteiger partial charge in [0.15, 0.2) is 0 Å². The molecule has 2 atom stereocenters. The number of nitriles is 2. The maximum Gasteiger partial charge on any atom is 0.247 e. The molecule has 0 saturated carbocycles. The third kappa shape index (κ3) is 3.95. The van der Waals surface area contributed by atoms with E-state index in [2.05, 4.69) is 27.7 Å². The number of nitrogens with zero attached hydrogens (tertiary/aromatic N) is 4. The van der Waals surface area contributed by atoms with Crippen molar-refractivity contribution < 1.29 is 9.52 Å². The fourth-order valence-corrected chi connectivity index (χ4v) is 2.61. The molecular weight excluding hydrogens is 342 g/mol. The minimum atomic E-state index is -0.796. The molecule has 0 radical (unpaired) electrons. The number of aromatic nitrogens is 2. The van der Waals surface area contributed by atoms with Crippen molar-refractivity contribution in [3.8, 4) is 23.6 Å². The fraction of sp³-hybridized carbons (Fsp3) is 0.200. The number of benzene rings is 2. The predicted octanol–water partition coefficient (Wildman–Crippen LogP) is 3.32. The Balaban J connectivity index is 1.85. The SMILES string of the molecule is Cc1cc(N[C@@H](c2nnc(-c3ccc(C#N)cc3)o2)[C@@H](C)O)ccc1C#N. The molecule has 0 amide bonds. The van der Waals surface area contributed by atoms with Crippen LogP contribution in [0.5, 0.6) is 0 Å². The summed E-state index contributed by atoms with van der Waals surface area (Å²) in [7, 11) is 0. The van der Waals surface area contributed by atoms with Gasteiger partial charge in [0.2, 0.25) is 11.8 Å². The zero-order valence-corrected chi connectivity index (χ0v) is 14.8. The molecule has 0 fully saturated rings. The summed E-state index contributed by atoms with van der Waals surface area (Å²) in [5.74, 6) is 0.546. The van der Waals surface area contributed by atoms with Gasteiger partial charge in [0.1, 0.15) is 6.04 Å². The van der Waals surface area contributed by atoms with Gasteiger partial charge >= 0.3 is 0 Å². The Morgan fingerprint density at radius 2 is 1.81 bits per heavy atom. The normalized spacial score (nSPS) is 12.6. The van der Waals surface area contributed by atoms with E-state index < -0.39 is 12.1 Å². The summed E-state index contributed by atoms with van der Waals surface area (Å²) in [6, 6.07) is 15.7. The van der Waals surface area contributed by atoms with Crippen molar-refractivity contribution in [2.75, 3.05) is 5.32 Å². The van der Waals surface area contributed by atoms with E-state index in [-0.39, 0.29) is 5.89 Å². The Morgan fingerprint density at radius 3 is 2.41 bits per heavy atom. The topological polar surface area (TPSA) is 119 Å². The number of aliphatic hydroxyl groups excluding tert-OH is 1. The van der Waals surface area contributed by atoms with E-state index in [1.807, 2.05) is 13.0 Å². The molecule has 0 bridgehead atoms. The summed E-state index contributed by atoms with van der Waals surface area (Å²) in [6.45, 7) is 3.47. The zero-order chi connectivity index (χ0) is 19.4. The third-order valence-electron chi connectivity index (χ3n) is 4.12. The second-order valence-electron chi connectivity index (χ2n) is 6.14. The van der Waals surface area contributed by atoms with Crippen molar-refractivity contribution in [2.24, 2.45) is 0 Å². The molecule has 27 heavy (non-hydrogen) atoms. The van der Waals surface area contributed by atoms with Crippen LogP contribution in [0.25, 0.3) is 11.5 Å². The molecular formula is C20H17N5O2. The molecule has 134 valence electrons. The number of nitrogens with one attached hydrogen (secondary N) is 1. The van der Waals surface area contributed by atoms with Crippen molar-refractivity contribution in [3.63, 3.8) is 0 Å². The summed E-state index contributed by atoms with van der Waals surface area (Å²) in [4.78, 5) is 0. The summed E-state index contributed by atoms with van der Waals surface area (Å²) in [6.07, 6.45) is -0.796. The highest BCUT2D eigenvalue weighted by Gasteiger charge is 2.24. The first kappa shape index (κ1) is 18.1. The summed E-state index contributed by atoms with van der Waals surface area (Å²) in [5.41, 5.74) is 3.38. The highest BCUT2D eigenvalue weighted by atomic mass is 16.4. The highest BCUT2D eigenvalue weighted by molar-refractivity contribution is 5.55. The predicted molar refractivity (Wildman–Crippen MR) is 98.4 cm³/mol. The number of hydrogen-bond donors (Lipinski definition) is 2. The standard InChI is InChI=1S/C20H17N5O2/c1-12-9-17(8-7-16(12)11-22)23-18(13(2)26)20-25-24-19(27-20)15-5-3-14(10-21)4-6-15/h3-9,13,18,23,26H,1-2H3/t13-,18-/m1/s1. The molecule has 0 spiro atoms. The summed E-state index contributed by atoms with van der Waals surface area (Å²) >= 11 is 0. The van der Waals surface area contributed by atoms with Gasteiger partial charge in [-0.3, -0.25) is 0 Å². The Kier molecular flexibility index (Phi) is 5.16. The molecule has 2 N–H and O–H groups in total. The van der Waals surface area contributed by atoms with Crippen LogP contribution in [0, 0.1) is 29.6 Å². The monoisotopic (exact) mass is 359 g/mol.